The quantitative estimate of drug-likeness (QED) is 0.838. The highest BCUT2D eigenvalue weighted by Gasteiger charge is 2.40. The first-order valence-electron chi connectivity index (χ1n) is 6.37. The number of rotatable bonds is 2. The molecule has 2 fully saturated rings. The highest BCUT2D eigenvalue weighted by molar-refractivity contribution is 9.10. The van der Waals surface area contributed by atoms with Crippen molar-refractivity contribution in [3.8, 4) is 0 Å². The molecule has 0 unspecified atom stereocenters. The van der Waals surface area contributed by atoms with E-state index >= 15 is 0 Å². The van der Waals surface area contributed by atoms with Crippen molar-refractivity contribution in [3.63, 3.8) is 0 Å². The summed E-state index contributed by atoms with van der Waals surface area (Å²) in [6.07, 6.45) is 3.98. The van der Waals surface area contributed by atoms with Gasteiger partial charge in [0.25, 0.3) is 0 Å². The van der Waals surface area contributed by atoms with Crippen molar-refractivity contribution in [3.05, 3.63) is 28.5 Å². The van der Waals surface area contributed by atoms with Gasteiger partial charge in [0.2, 0.25) is 0 Å². The highest BCUT2D eigenvalue weighted by Crippen LogP contribution is 2.30. The maximum Gasteiger partial charge on any atom is 0.181 e. The van der Waals surface area contributed by atoms with Crippen molar-refractivity contribution in [1.29, 1.82) is 0 Å². The molecule has 4 nitrogen and oxygen atoms in total. The second-order valence-electron chi connectivity index (χ2n) is 4.89. The summed E-state index contributed by atoms with van der Waals surface area (Å²) >= 11 is 3.40. The van der Waals surface area contributed by atoms with Crippen LogP contribution in [0.15, 0.2) is 22.8 Å². The molecule has 1 aromatic heterocycles. The highest BCUT2D eigenvalue weighted by atomic mass is 79.9. The number of pyridine rings is 1. The van der Waals surface area contributed by atoms with E-state index < -0.39 is 0 Å². The minimum absolute atomic E-state index is 0.340. The van der Waals surface area contributed by atoms with Gasteiger partial charge in [0.15, 0.2) is 5.79 Å². The van der Waals surface area contributed by atoms with Crippen LogP contribution in [0.2, 0.25) is 0 Å². The molecule has 1 spiro atoms. The van der Waals surface area contributed by atoms with E-state index in [1.807, 2.05) is 12.3 Å². The van der Waals surface area contributed by atoms with Gasteiger partial charge < -0.3 is 9.47 Å². The lowest BCUT2D eigenvalue weighted by Crippen LogP contribution is -2.48. The summed E-state index contributed by atoms with van der Waals surface area (Å²) in [5.41, 5.74) is 1.09. The predicted octanol–water partition coefficient (Wildman–Crippen LogP) is 2.18. The zero-order valence-corrected chi connectivity index (χ0v) is 11.9. The van der Waals surface area contributed by atoms with Crippen LogP contribution in [0.5, 0.6) is 0 Å². The molecule has 0 aliphatic carbocycles. The second-order valence-corrected chi connectivity index (χ2v) is 5.81. The van der Waals surface area contributed by atoms with Crippen LogP contribution in [0.25, 0.3) is 0 Å². The Labute approximate surface area is 115 Å². The summed E-state index contributed by atoms with van der Waals surface area (Å²) < 4.78 is 12.6. The lowest BCUT2D eigenvalue weighted by molar-refractivity contribution is -0.190. The largest absolute Gasteiger partial charge is 0.346 e. The number of nitrogens with zero attached hydrogens (tertiary/aromatic N) is 2. The Morgan fingerprint density at radius 1 is 1.33 bits per heavy atom. The number of hydrogen-bond acceptors (Lipinski definition) is 4. The molecule has 5 heteroatoms. The van der Waals surface area contributed by atoms with Crippen LogP contribution in [-0.4, -0.2) is 42.0 Å². The van der Waals surface area contributed by atoms with E-state index in [-0.39, 0.29) is 5.79 Å². The minimum atomic E-state index is -0.340. The Bertz CT molecular complexity index is 404. The van der Waals surface area contributed by atoms with Crippen molar-refractivity contribution >= 4 is 15.9 Å². The van der Waals surface area contributed by atoms with Gasteiger partial charge in [-0.1, -0.05) is 0 Å². The van der Waals surface area contributed by atoms with Crippen molar-refractivity contribution in [2.75, 3.05) is 26.3 Å². The van der Waals surface area contributed by atoms with Crippen molar-refractivity contribution in [2.24, 2.45) is 0 Å². The molecule has 0 bridgehead atoms. The summed E-state index contributed by atoms with van der Waals surface area (Å²) in [6.45, 7) is 4.26. The van der Waals surface area contributed by atoms with Crippen LogP contribution in [0.3, 0.4) is 0 Å². The summed E-state index contributed by atoms with van der Waals surface area (Å²) in [7, 11) is 0. The molecule has 2 saturated heterocycles. The van der Waals surface area contributed by atoms with Crippen LogP contribution < -0.4 is 0 Å². The van der Waals surface area contributed by atoms with E-state index in [9.17, 15) is 0 Å². The molecule has 0 atom stereocenters. The first kappa shape index (κ1) is 12.5. The van der Waals surface area contributed by atoms with Gasteiger partial charge in [-0.2, -0.15) is 0 Å². The SMILES string of the molecule is Brc1ccc(CN2CCCC3(C2)OCCO3)nc1. The first-order chi connectivity index (χ1) is 8.76. The first-order valence-corrected chi connectivity index (χ1v) is 7.16. The van der Waals surface area contributed by atoms with Crippen LogP contribution in [-0.2, 0) is 16.0 Å². The van der Waals surface area contributed by atoms with Gasteiger partial charge in [0, 0.05) is 23.6 Å². The average Bonchev–Trinajstić information content (AvgIpc) is 2.80. The zero-order valence-electron chi connectivity index (χ0n) is 10.3. The Morgan fingerprint density at radius 2 is 2.17 bits per heavy atom. The molecular weight excluding hydrogens is 296 g/mol. The molecule has 2 aliphatic heterocycles. The maximum atomic E-state index is 5.78. The Morgan fingerprint density at radius 3 is 2.89 bits per heavy atom. The van der Waals surface area contributed by atoms with E-state index in [2.05, 4.69) is 31.9 Å². The van der Waals surface area contributed by atoms with Gasteiger partial charge in [0.1, 0.15) is 0 Å². The summed E-state index contributed by atoms with van der Waals surface area (Å²) in [4.78, 5) is 6.78. The van der Waals surface area contributed by atoms with Crippen LogP contribution >= 0.6 is 15.9 Å². The zero-order chi connectivity index (χ0) is 12.4. The van der Waals surface area contributed by atoms with Gasteiger partial charge in [0.05, 0.1) is 25.5 Å². The van der Waals surface area contributed by atoms with Crippen LogP contribution in [0.4, 0.5) is 0 Å². The summed E-state index contributed by atoms with van der Waals surface area (Å²) in [5.74, 6) is -0.340. The van der Waals surface area contributed by atoms with E-state index in [1.54, 1.807) is 0 Å². The van der Waals surface area contributed by atoms with Crippen molar-refractivity contribution in [1.82, 2.24) is 9.88 Å². The minimum Gasteiger partial charge on any atom is -0.346 e. The lowest BCUT2D eigenvalue weighted by atomic mass is 10.0. The molecule has 18 heavy (non-hydrogen) atoms. The van der Waals surface area contributed by atoms with Gasteiger partial charge in [-0.3, -0.25) is 9.88 Å². The third kappa shape index (κ3) is 2.74. The molecule has 0 aromatic carbocycles. The normalized spacial score (nSPS) is 23.6. The van der Waals surface area contributed by atoms with E-state index in [4.69, 9.17) is 9.47 Å². The van der Waals surface area contributed by atoms with Crippen molar-refractivity contribution in [2.45, 2.75) is 25.2 Å². The lowest BCUT2D eigenvalue weighted by Gasteiger charge is -2.38. The maximum absolute atomic E-state index is 5.78. The van der Waals surface area contributed by atoms with E-state index in [0.717, 1.165) is 55.9 Å². The summed E-state index contributed by atoms with van der Waals surface area (Å²) in [5, 5.41) is 0. The number of hydrogen-bond donors (Lipinski definition) is 0. The van der Waals surface area contributed by atoms with Gasteiger partial charge >= 0.3 is 0 Å². The molecule has 0 radical (unpaired) electrons. The molecule has 0 N–H and O–H groups in total. The van der Waals surface area contributed by atoms with Crippen molar-refractivity contribution < 1.29 is 9.47 Å². The van der Waals surface area contributed by atoms with Gasteiger partial charge in [-0.15, -0.1) is 0 Å². The fourth-order valence-corrected chi connectivity index (χ4v) is 2.90. The molecule has 3 heterocycles. The Balaban J connectivity index is 1.64. The third-order valence-electron chi connectivity index (χ3n) is 3.48. The number of aromatic nitrogens is 1. The number of likely N-dealkylation sites (tertiary alicyclic amines) is 1. The third-order valence-corrected chi connectivity index (χ3v) is 3.95. The number of ether oxygens (including phenoxy) is 2. The number of piperidine rings is 1. The molecule has 0 amide bonds. The molecule has 0 saturated carbocycles. The average molecular weight is 313 g/mol. The van der Waals surface area contributed by atoms with Gasteiger partial charge in [-0.25, -0.2) is 0 Å². The Hall–Kier alpha value is -0.490. The molecular formula is C13H17BrN2O2. The van der Waals surface area contributed by atoms with Crippen LogP contribution in [0.1, 0.15) is 18.5 Å². The van der Waals surface area contributed by atoms with E-state index in [0.29, 0.717) is 0 Å². The fourth-order valence-electron chi connectivity index (χ4n) is 2.67. The van der Waals surface area contributed by atoms with Crippen LogP contribution in [0, 0.1) is 0 Å². The summed E-state index contributed by atoms with van der Waals surface area (Å²) in [6, 6.07) is 4.09. The molecule has 1 aromatic rings. The molecule has 98 valence electrons. The molecule has 2 aliphatic rings. The number of halogens is 1. The second kappa shape index (κ2) is 5.25. The molecule has 3 rings (SSSR count). The smallest absolute Gasteiger partial charge is 0.181 e. The predicted molar refractivity (Wildman–Crippen MR) is 71.1 cm³/mol. The monoisotopic (exact) mass is 312 g/mol. The van der Waals surface area contributed by atoms with E-state index in [1.165, 1.54) is 0 Å². The standard InChI is InChI=1S/C13H17BrN2O2/c14-11-2-3-12(15-8-11)9-16-5-1-4-13(10-16)17-6-7-18-13/h2-3,8H,1,4-7,9-10H2. The fraction of sp³-hybridized carbons (Fsp3) is 0.615. The Kier molecular flexibility index (Phi) is 3.66. The topological polar surface area (TPSA) is 34.6 Å². The van der Waals surface area contributed by atoms with Gasteiger partial charge in [-0.05, 0) is 41.0 Å².